The van der Waals surface area contributed by atoms with Crippen molar-refractivity contribution in [3.63, 3.8) is 0 Å². The standard InChI is InChI=1S/C24H25NO/c1-2-3-4-5-12-21-16-15-20-11-7-9-14-23(20)26-24(21)25-18-17-19-10-6-8-13-22(19)25/h6-11,13-18H,2-5,12H2,1H3. The summed E-state index contributed by atoms with van der Waals surface area (Å²) in [5.74, 6) is 1.85. The van der Waals surface area contributed by atoms with Crippen LogP contribution in [-0.4, -0.2) is 4.57 Å². The lowest BCUT2D eigenvalue weighted by Crippen LogP contribution is -2.06. The van der Waals surface area contributed by atoms with Crippen molar-refractivity contribution in [2.24, 2.45) is 0 Å². The van der Waals surface area contributed by atoms with Crippen LogP contribution in [0, 0.1) is 0 Å². The van der Waals surface area contributed by atoms with Crippen LogP contribution in [0.2, 0.25) is 0 Å². The second kappa shape index (κ2) is 7.65. The fraction of sp³-hybridized carbons (Fsp3) is 0.250. The van der Waals surface area contributed by atoms with Gasteiger partial charge in [-0.3, -0.25) is 4.57 Å². The first-order chi connectivity index (χ1) is 12.9. The maximum atomic E-state index is 6.46. The highest BCUT2D eigenvalue weighted by Gasteiger charge is 2.16. The summed E-state index contributed by atoms with van der Waals surface area (Å²) in [5.41, 5.74) is 3.57. The molecule has 0 aliphatic carbocycles. The van der Waals surface area contributed by atoms with Crippen LogP contribution in [-0.2, 0) is 0 Å². The molecule has 1 aromatic heterocycles. The van der Waals surface area contributed by atoms with Gasteiger partial charge >= 0.3 is 0 Å². The Morgan fingerprint density at radius 2 is 1.69 bits per heavy atom. The summed E-state index contributed by atoms with van der Waals surface area (Å²) in [7, 11) is 0. The normalized spacial score (nSPS) is 13.6. The zero-order chi connectivity index (χ0) is 17.8. The van der Waals surface area contributed by atoms with Crippen molar-refractivity contribution in [2.45, 2.75) is 39.0 Å². The molecule has 2 heteroatoms. The second-order valence-corrected chi connectivity index (χ2v) is 6.86. The maximum absolute atomic E-state index is 6.46. The largest absolute Gasteiger partial charge is 0.440 e. The van der Waals surface area contributed by atoms with Gasteiger partial charge in [0.1, 0.15) is 5.75 Å². The summed E-state index contributed by atoms with van der Waals surface area (Å²) in [6.07, 6.45) is 12.6. The zero-order valence-corrected chi connectivity index (χ0v) is 15.3. The van der Waals surface area contributed by atoms with Gasteiger partial charge in [0.05, 0.1) is 5.52 Å². The highest BCUT2D eigenvalue weighted by atomic mass is 16.5. The van der Waals surface area contributed by atoms with Gasteiger partial charge in [-0.15, -0.1) is 0 Å². The third-order valence-corrected chi connectivity index (χ3v) is 4.98. The summed E-state index contributed by atoms with van der Waals surface area (Å²) in [5, 5.41) is 1.23. The number of hydrogen-bond donors (Lipinski definition) is 0. The van der Waals surface area contributed by atoms with Crippen molar-refractivity contribution in [1.29, 1.82) is 0 Å². The molecule has 4 rings (SSSR count). The van der Waals surface area contributed by atoms with Gasteiger partial charge in [-0.05, 0) is 31.0 Å². The first-order valence-electron chi connectivity index (χ1n) is 9.61. The maximum Gasteiger partial charge on any atom is 0.207 e. The Morgan fingerprint density at radius 1 is 0.846 bits per heavy atom. The Kier molecular flexibility index (Phi) is 4.92. The van der Waals surface area contributed by atoms with E-state index in [9.17, 15) is 0 Å². The molecule has 3 aromatic rings. The number of nitrogens with zero attached hydrogens (tertiary/aromatic N) is 1. The molecule has 2 heterocycles. The molecule has 1 aliphatic rings. The minimum atomic E-state index is 0.917. The predicted octanol–water partition coefficient (Wildman–Crippen LogP) is 6.89. The molecular weight excluding hydrogens is 318 g/mol. The van der Waals surface area contributed by atoms with Crippen molar-refractivity contribution in [2.75, 3.05) is 0 Å². The van der Waals surface area contributed by atoms with Gasteiger partial charge in [0.2, 0.25) is 5.88 Å². The van der Waals surface area contributed by atoms with Crippen molar-refractivity contribution < 1.29 is 4.74 Å². The summed E-state index contributed by atoms with van der Waals surface area (Å²) < 4.78 is 8.65. The molecule has 2 nitrogen and oxygen atoms in total. The smallest absolute Gasteiger partial charge is 0.207 e. The fourth-order valence-electron chi connectivity index (χ4n) is 3.54. The van der Waals surface area contributed by atoms with Gasteiger partial charge < -0.3 is 4.74 Å². The average molecular weight is 343 g/mol. The SMILES string of the molecule is CCCCCCC1=C(n2ccc3ccccc32)Oc2ccccc2C=C1. The van der Waals surface area contributed by atoms with Gasteiger partial charge in [-0.25, -0.2) is 0 Å². The molecule has 0 amide bonds. The van der Waals surface area contributed by atoms with Gasteiger partial charge in [0.25, 0.3) is 0 Å². The zero-order valence-electron chi connectivity index (χ0n) is 15.3. The van der Waals surface area contributed by atoms with E-state index in [-0.39, 0.29) is 0 Å². The number of fused-ring (bicyclic) bond motifs is 2. The fourth-order valence-corrected chi connectivity index (χ4v) is 3.54. The molecule has 0 saturated carbocycles. The highest BCUT2D eigenvalue weighted by molar-refractivity contribution is 5.84. The summed E-state index contributed by atoms with van der Waals surface area (Å²) >= 11 is 0. The van der Waals surface area contributed by atoms with Gasteiger partial charge in [0.15, 0.2) is 0 Å². The summed E-state index contributed by atoms with van der Waals surface area (Å²) in [4.78, 5) is 0. The van der Waals surface area contributed by atoms with E-state index in [1.807, 2.05) is 12.1 Å². The molecule has 132 valence electrons. The number of benzene rings is 2. The highest BCUT2D eigenvalue weighted by Crippen LogP contribution is 2.33. The number of allylic oxidation sites excluding steroid dienone is 2. The number of rotatable bonds is 6. The van der Waals surface area contributed by atoms with E-state index in [0.29, 0.717) is 0 Å². The number of hydrogen-bond acceptors (Lipinski definition) is 1. The van der Waals surface area contributed by atoms with Crippen LogP contribution in [0.5, 0.6) is 5.75 Å². The second-order valence-electron chi connectivity index (χ2n) is 6.86. The van der Waals surface area contributed by atoms with Crippen LogP contribution in [0.4, 0.5) is 0 Å². The Balaban J connectivity index is 1.76. The lowest BCUT2D eigenvalue weighted by Gasteiger charge is -2.16. The molecule has 26 heavy (non-hydrogen) atoms. The topological polar surface area (TPSA) is 14.2 Å². The Labute approximate surface area is 155 Å². The van der Waals surface area contributed by atoms with E-state index in [1.54, 1.807) is 0 Å². The number of unbranched alkanes of at least 4 members (excludes halogenated alkanes) is 3. The van der Waals surface area contributed by atoms with Crippen LogP contribution in [0.25, 0.3) is 22.9 Å². The lowest BCUT2D eigenvalue weighted by molar-refractivity contribution is 0.475. The van der Waals surface area contributed by atoms with Crippen LogP contribution in [0.1, 0.15) is 44.6 Å². The molecule has 0 bridgehead atoms. The first-order valence-corrected chi connectivity index (χ1v) is 9.61. The predicted molar refractivity (Wildman–Crippen MR) is 110 cm³/mol. The Hall–Kier alpha value is -2.74. The van der Waals surface area contributed by atoms with Crippen molar-refractivity contribution >= 4 is 22.9 Å². The molecule has 0 unspecified atom stereocenters. The molecule has 0 N–H and O–H groups in total. The molecule has 0 saturated heterocycles. The van der Waals surface area contributed by atoms with E-state index < -0.39 is 0 Å². The lowest BCUT2D eigenvalue weighted by atomic mass is 10.1. The van der Waals surface area contributed by atoms with Gasteiger partial charge in [-0.2, -0.15) is 0 Å². The van der Waals surface area contributed by atoms with E-state index in [2.05, 4.69) is 72.3 Å². The van der Waals surface area contributed by atoms with E-state index in [1.165, 1.54) is 42.2 Å². The third kappa shape index (κ3) is 3.32. The molecule has 0 spiro atoms. The van der Waals surface area contributed by atoms with E-state index in [0.717, 1.165) is 23.6 Å². The molecule has 0 fully saturated rings. The van der Waals surface area contributed by atoms with Crippen molar-refractivity contribution in [3.05, 3.63) is 78.0 Å². The molecule has 1 aliphatic heterocycles. The Bertz CT molecular complexity index is 961. The summed E-state index contributed by atoms with van der Waals surface area (Å²) in [6, 6.07) is 18.9. The number of para-hydroxylation sites is 2. The molecule has 0 radical (unpaired) electrons. The van der Waals surface area contributed by atoms with E-state index >= 15 is 0 Å². The quantitative estimate of drug-likeness (QED) is 0.445. The van der Waals surface area contributed by atoms with Crippen molar-refractivity contribution in [3.8, 4) is 5.75 Å². The van der Waals surface area contributed by atoms with Gasteiger partial charge in [-0.1, -0.05) is 74.7 Å². The minimum absolute atomic E-state index is 0.917. The Morgan fingerprint density at radius 3 is 2.62 bits per heavy atom. The third-order valence-electron chi connectivity index (χ3n) is 4.98. The minimum Gasteiger partial charge on any atom is -0.440 e. The molecular formula is C24H25NO. The van der Waals surface area contributed by atoms with Gasteiger partial charge in [0, 0.05) is 22.7 Å². The van der Waals surface area contributed by atoms with E-state index in [4.69, 9.17) is 4.74 Å². The first kappa shape index (κ1) is 16.7. The molecule has 0 atom stereocenters. The molecule has 2 aromatic carbocycles. The number of aromatic nitrogens is 1. The number of ether oxygens (including phenoxy) is 1. The van der Waals surface area contributed by atoms with Crippen LogP contribution in [0.3, 0.4) is 0 Å². The summed E-state index contributed by atoms with van der Waals surface area (Å²) in [6.45, 7) is 2.25. The van der Waals surface area contributed by atoms with Crippen LogP contribution in [0.15, 0.2) is 72.4 Å². The monoisotopic (exact) mass is 343 g/mol. The van der Waals surface area contributed by atoms with Crippen LogP contribution >= 0.6 is 0 Å². The van der Waals surface area contributed by atoms with Crippen LogP contribution < -0.4 is 4.74 Å². The average Bonchev–Trinajstić information content (AvgIpc) is 3.02. The van der Waals surface area contributed by atoms with Crippen molar-refractivity contribution in [1.82, 2.24) is 4.57 Å².